The van der Waals surface area contributed by atoms with Crippen LogP contribution in [0.15, 0.2) is 54.7 Å². The predicted molar refractivity (Wildman–Crippen MR) is 133 cm³/mol. The van der Waals surface area contributed by atoms with Gasteiger partial charge in [-0.2, -0.15) is 0 Å². The van der Waals surface area contributed by atoms with Crippen LogP contribution in [0.5, 0.6) is 0 Å². The first-order chi connectivity index (χ1) is 17.3. The number of likely N-dealkylation sites (tertiary alicyclic amines) is 1. The summed E-state index contributed by atoms with van der Waals surface area (Å²) >= 11 is 0. The molecule has 1 aliphatic heterocycles. The molecule has 1 saturated heterocycles. The third-order valence-electron chi connectivity index (χ3n) is 6.62. The van der Waals surface area contributed by atoms with E-state index in [0.717, 1.165) is 11.1 Å². The second kappa shape index (κ2) is 11.4. The summed E-state index contributed by atoms with van der Waals surface area (Å²) in [6.45, 7) is 5.98. The molecule has 1 N–H and O–H groups in total. The van der Waals surface area contributed by atoms with Gasteiger partial charge in [-0.3, -0.25) is 9.69 Å². The van der Waals surface area contributed by atoms with Gasteiger partial charge in [-0.1, -0.05) is 55.5 Å². The molecule has 0 unspecified atom stereocenters. The smallest absolute Gasteiger partial charge is 0.360 e. The molecule has 2 aromatic carbocycles. The van der Waals surface area contributed by atoms with E-state index in [4.69, 9.17) is 4.74 Å². The second-order valence-electron chi connectivity index (χ2n) is 9.47. The van der Waals surface area contributed by atoms with Crippen molar-refractivity contribution in [2.24, 2.45) is 0 Å². The SMILES string of the molecule is COC(=O)c1cn([C@@H]2C[C@@H](C(=O)NCCc3ccc(F)cc3)N(Cc3ccc(C(C)C)cc3)C2)nn1. The van der Waals surface area contributed by atoms with Gasteiger partial charge in [0.05, 0.1) is 25.4 Å². The molecular formula is C27H32FN5O3. The van der Waals surface area contributed by atoms with E-state index in [1.54, 1.807) is 23.0 Å². The monoisotopic (exact) mass is 493 g/mol. The van der Waals surface area contributed by atoms with Crippen LogP contribution in [0.1, 0.15) is 59.4 Å². The normalized spacial score (nSPS) is 17.9. The number of benzene rings is 2. The highest BCUT2D eigenvalue weighted by Gasteiger charge is 2.38. The van der Waals surface area contributed by atoms with Gasteiger partial charge in [-0.05, 0) is 47.6 Å². The number of amides is 1. The van der Waals surface area contributed by atoms with Gasteiger partial charge in [0, 0.05) is 19.6 Å². The van der Waals surface area contributed by atoms with Crippen molar-refractivity contribution in [1.29, 1.82) is 0 Å². The number of hydrogen-bond acceptors (Lipinski definition) is 6. The Kier molecular flexibility index (Phi) is 8.10. The Morgan fingerprint density at radius 2 is 1.81 bits per heavy atom. The molecule has 0 spiro atoms. The molecule has 36 heavy (non-hydrogen) atoms. The van der Waals surface area contributed by atoms with Crippen LogP contribution in [0.3, 0.4) is 0 Å². The molecule has 0 saturated carbocycles. The molecule has 1 fully saturated rings. The number of ether oxygens (including phenoxy) is 1. The number of esters is 1. The summed E-state index contributed by atoms with van der Waals surface area (Å²) in [6.07, 6.45) is 2.72. The van der Waals surface area contributed by atoms with Gasteiger partial charge in [0.25, 0.3) is 0 Å². The molecule has 4 rings (SSSR count). The molecule has 3 aromatic rings. The van der Waals surface area contributed by atoms with Gasteiger partial charge in [-0.25, -0.2) is 13.9 Å². The Balaban J connectivity index is 1.46. The Labute approximate surface area is 210 Å². The molecule has 0 radical (unpaired) electrons. The quantitative estimate of drug-likeness (QED) is 0.459. The predicted octanol–water partition coefficient (Wildman–Crippen LogP) is 3.50. The Morgan fingerprint density at radius 1 is 1.11 bits per heavy atom. The van der Waals surface area contributed by atoms with Crippen LogP contribution in [0.25, 0.3) is 0 Å². The van der Waals surface area contributed by atoms with Crippen LogP contribution >= 0.6 is 0 Å². The molecule has 8 nitrogen and oxygen atoms in total. The number of methoxy groups -OCH3 is 1. The molecule has 9 heteroatoms. The maximum absolute atomic E-state index is 13.2. The van der Waals surface area contributed by atoms with Crippen LogP contribution in [-0.2, 0) is 22.5 Å². The van der Waals surface area contributed by atoms with E-state index in [-0.39, 0.29) is 29.5 Å². The van der Waals surface area contributed by atoms with E-state index in [2.05, 4.69) is 58.6 Å². The number of halogens is 1. The topological polar surface area (TPSA) is 89.4 Å². The van der Waals surface area contributed by atoms with Crippen LogP contribution in [0.4, 0.5) is 4.39 Å². The van der Waals surface area contributed by atoms with Crippen LogP contribution < -0.4 is 5.32 Å². The lowest BCUT2D eigenvalue weighted by atomic mass is 10.0. The van der Waals surface area contributed by atoms with E-state index < -0.39 is 5.97 Å². The second-order valence-corrected chi connectivity index (χ2v) is 9.47. The highest BCUT2D eigenvalue weighted by atomic mass is 19.1. The van der Waals surface area contributed by atoms with Crippen molar-refractivity contribution >= 4 is 11.9 Å². The first-order valence-corrected chi connectivity index (χ1v) is 12.2. The lowest BCUT2D eigenvalue weighted by Gasteiger charge is -2.23. The summed E-state index contributed by atoms with van der Waals surface area (Å²) in [7, 11) is 1.30. The first kappa shape index (κ1) is 25.5. The summed E-state index contributed by atoms with van der Waals surface area (Å²) in [6, 6.07) is 14.3. The van der Waals surface area contributed by atoms with Crippen molar-refractivity contribution in [2.75, 3.05) is 20.2 Å². The summed E-state index contributed by atoms with van der Waals surface area (Å²) in [5.74, 6) is -0.436. The van der Waals surface area contributed by atoms with Gasteiger partial charge in [-0.15, -0.1) is 5.10 Å². The third-order valence-corrected chi connectivity index (χ3v) is 6.62. The molecule has 0 aliphatic carbocycles. The van der Waals surface area contributed by atoms with E-state index in [0.29, 0.717) is 38.4 Å². The van der Waals surface area contributed by atoms with Gasteiger partial charge in [0.2, 0.25) is 5.91 Å². The minimum absolute atomic E-state index is 0.0632. The molecule has 1 amide bonds. The van der Waals surface area contributed by atoms with Crippen molar-refractivity contribution in [3.63, 3.8) is 0 Å². The summed E-state index contributed by atoms with van der Waals surface area (Å²) in [5, 5.41) is 11.1. The molecule has 1 aliphatic rings. The number of nitrogens with zero attached hydrogens (tertiary/aromatic N) is 4. The average molecular weight is 494 g/mol. The molecule has 2 heterocycles. The number of aromatic nitrogens is 3. The minimum Gasteiger partial charge on any atom is -0.464 e. The van der Waals surface area contributed by atoms with Crippen molar-refractivity contribution < 1.29 is 18.7 Å². The zero-order valence-corrected chi connectivity index (χ0v) is 20.9. The third kappa shape index (κ3) is 6.15. The number of hydrogen-bond donors (Lipinski definition) is 1. The number of rotatable bonds is 9. The van der Waals surface area contributed by atoms with E-state index in [1.165, 1.54) is 24.8 Å². The van der Waals surface area contributed by atoms with Crippen molar-refractivity contribution in [2.45, 2.75) is 51.2 Å². The highest BCUT2D eigenvalue weighted by Crippen LogP contribution is 2.29. The van der Waals surface area contributed by atoms with Crippen LogP contribution in [0, 0.1) is 5.82 Å². The molecule has 190 valence electrons. The summed E-state index contributed by atoms with van der Waals surface area (Å²) in [4.78, 5) is 27.2. The Bertz CT molecular complexity index is 1180. The van der Waals surface area contributed by atoms with E-state index in [9.17, 15) is 14.0 Å². The van der Waals surface area contributed by atoms with Gasteiger partial charge in [0.15, 0.2) is 5.69 Å². The number of carbonyl (C=O) groups is 2. The van der Waals surface area contributed by atoms with Crippen molar-refractivity contribution in [1.82, 2.24) is 25.2 Å². The lowest BCUT2D eigenvalue weighted by Crippen LogP contribution is -2.43. The summed E-state index contributed by atoms with van der Waals surface area (Å²) in [5.41, 5.74) is 3.49. The van der Waals surface area contributed by atoms with E-state index in [1.807, 2.05) is 0 Å². The van der Waals surface area contributed by atoms with Crippen LogP contribution in [0.2, 0.25) is 0 Å². The molecule has 1 aromatic heterocycles. The largest absolute Gasteiger partial charge is 0.464 e. The maximum atomic E-state index is 13.2. The molecule has 0 bridgehead atoms. The fraction of sp³-hybridized carbons (Fsp3) is 0.407. The molecular weight excluding hydrogens is 461 g/mol. The fourth-order valence-electron chi connectivity index (χ4n) is 4.51. The number of nitrogens with one attached hydrogen (secondary N) is 1. The van der Waals surface area contributed by atoms with Crippen molar-refractivity contribution in [3.05, 3.63) is 82.9 Å². The van der Waals surface area contributed by atoms with Crippen molar-refractivity contribution in [3.8, 4) is 0 Å². The zero-order chi connectivity index (χ0) is 25.7. The Morgan fingerprint density at radius 3 is 2.47 bits per heavy atom. The first-order valence-electron chi connectivity index (χ1n) is 12.2. The minimum atomic E-state index is -0.545. The maximum Gasteiger partial charge on any atom is 0.360 e. The number of carbonyl (C=O) groups excluding carboxylic acids is 2. The zero-order valence-electron chi connectivity index (χ0n) is 20.9. The highest BCUT2D eigenvalue weighted by molar-refractivity contribution is 5.86. The average Bonchev–Trinajstić information content (AvgIpc) is 3.53. The van der Waals surface area contributed by atoms with E-state index >= 15 is 0 Å². The fourth-order valence-corrected chi connectivity index (χ4v) is 4.51. The van der Waals surface area contributed by atoms with Gasteiger partial charge >= 0.3 is 5.97 Å². The van der Waals surface area contributed by atoms with Gasteiger partial charge in [0.1, 0.15) is 5.82 Å². The standard InChI is InChI=1S/C27H32FN5O3/c1-18(2)21-8-4-20(5-9-21)15-32-16-23(33-17-24(30-31-33)27(35)36-3)14-25(32)26(34)29-13-12-19-6-10-22(28)11-7-19/h4-11,17-18,23,25H,12-16H2,1-3H3,(H,29,34)/t23-,25+/m1/s1. The summed E-state index contributed by atoms with van der Waals surface area (Å²) < 4.78 is 19.5. The molecule has 2 atom stereocenters. The lowest BCUT2D eigenvalue weighted by molar-refractivity contribution is -0.125. The Hall–Kier alpha value is -3.59. The van der Waals surface area contributed by atoms with Crippen LogP contribution in [-0.4, -0.2) is 58.0 Å². The van der Waals surface area contributed by atoms with Gasteiger partial charge < -0.3 is 10.1 Å².